The van der Waals surface area contributed by atoms with Crippen molar-refractivity contribution in [2.24, 2.45) is 5.10 Å². The van der Waals surface area contributed by atoms with Crippen molar-refractivity contribution < 1.29 is 14.7 Å². The highest BCUT2D eigenvalue weighted by atomic mass is 16.3. The smallest absolute Gasteiger partial charge is 0.275 e. The fourth-order valence-electron chi connectivity index (χ4n) is 2.68. The van der Waals surface area contributed by atoms with E-state index in [1.807, 2.05) is 18.2 Å². The molecule has 28 heavy (non-hydrogen) atoms. The standard InChI is InChI=1S/C21H20N4O3/c1-14(11-19(26)23-13-15-5-4-10-22-12-15)24-25-21(28)18-9-8-16-6-2-3-7-17(16)20(18)27/h2-10,12,27H,11,13H2,1H3,(H,23,26)(H,25,28). The van der Waals surface area contributed by atoms with E-state index in [4.69, 9.17) is 0 Å². The Labute approximate surface area is 162 Å². The van der Waals surface area contributed by atoms with Crippen molar-refractivity contribution >= 4 is 28.3 Å². The Morgan fingerprint density at radius 3 is 2.71 bits per heavy atom. The van der Waals surface area contributed by atoms with Crippen LogP contribution in [0.3, 0.4) is 0 Å². The van der Waals surface area contributed by atoms with Gasteiger partial charge in [-0.1, -0.05) is 36.4 Å². The van der Waals surface area contributed by atoms with Crippen molar-refractivity contribution in [1.82, 2.24) is 15.7 Å². The molecule has 2 aromatic carbocycles. The molecule has 0 bridgehead atoms. The topological polar surface area (TPSA) is 104 Å². The predicted molar refractivity (Wildman–Crippen MR) is 107 cm³/mol. The minimum absolute atomic E-state index is 0.0459. The van der Waals surface area contributed by atoms with Gasteiger partial charge in [-0.25, -0.2) is 5.43 Å². The van der Waals surface area contributed by atoms with Crippen LogP contribution in [-0.4, -0.2) is 27.6 Å². The molecule has 7 heteroatoms. The number of aromatic nitrogens is 1. The molecule has 0 aliphatic rings. The second-order valence-corrected chi connectivity index (χ2v) is 6.29. The Hall–Kier alpha value is -3.74. The molecular weight excluding hydrogens is 356 g/mol. The first-order valence-corrected chi connectivity index (χ1v) is 8.74. The van der Waals surface area contributed by atoms with E-state index < -0.39 is 5.91 Å². The van der Waals surface area contributed by atoms with Gasteiger partial charge in [-0.3, -0.25) is 14.6 Å². The highest BCUT2D eigenvalue weighted by Gasteiger charge is 2.13. The summed E-state index contributed by atoms with van der Waals surface area (Å²) in [6.07, 6.45) is 3.39. The Morgan fingerprint density at radius 2 is 1.93 bits per heavy atom. The summed E-state index contributed by atoms with van der Waals surface area (Å²) in [6.45, 7) is 2.02. The number of phenolic OH excluding ortho intramolecular Hbond substituents is 1. The van der Waals surface area contributed by atoms with E-state index in [-0.39, 0.29) is 23.6 Å². The summed E-state index contributed by atoms with van der Waals surface area (Å²) < 4.78 is 0. The van der Waals surface area contributed by atoms with Gasteiger partial charge in [0.2, 0.25) is 5.91 Å². The van der Waals surface area contributed by atoms with E-state index in [1.165, 1.54) is 0 Å². The Bertz CT molecular complexity index is 1030. The Kier molecular flexibility index (Phi) is 5.96. The fourth-order valence-corrected chi connectivity index (χ4v) is 2.68. The minimum atomic E-state index is -0.543. The van der Waals surface area contributed by atoms with Gasteiger partial charge < -0.3 is 10.4 Å². The van der Waals surface area contributed by atoms with Crippen LogP contribution in [-0.2, 0) is 11.3 Å². The molecule has 0 saturated carbocycles. The summed E-state index contributed by atoms with van der Waals surface area (Å²) in [5.74, 6) is -0.857. The molecule has 3 aromatic rings. The molecule has 0 fully saturated rings. The number of rotatable bonds is 6. The lowest BCUT2D eigenvalue weighted by Crippen LogP contribution is -2.26. The van der Waals surface area contributed by atoms with Crippen LogP contribution in [0.25, 0.3) is 10.8 Å². The number of hydrazone groups is 1. The van der Waals surface area contributed by atoms with E-state index in [0.29, 0.717) is 17.6 Å². The first kappa shape index (κ1) is 19.0. The molecule has 0 spiro atoms. The monoisotopic (exact) mass is 376 g/mol. The number of carbonyl (C=O) groups is 2. The molecular formula is C21H20N4O3. The highest BCUT2D eigenvalue weighted by molar-refractivity contribution is 6.04. The van der Waals surface area contributed by atoms with E-state index >= 15 is 0 Å². The first-order valence-electron chi connectivity index (χ1n) is 8.74. The number of aromatic hydroxyl groups is 1. The molecule has 0 aliphatic heterocycles. The third-order valence-corrected chi connectivity index (χ3v) is 4.12. The average Bonchev–Trinajstić information content (AvgIpc) is 2.72. The van der Waals surface area contributed by atoms with Crippen LogP contribution in [0, 0.1) is 0 Å². The zero-order valence-corrected chi connectivity index (χ0v) is 15.3. The lowest BCUT2D eigenvalue weighted by Gasteiger charge is -2.08. The highest BCUT2D eigenvalue weighted by Crippen LogP contribution is 2.28. The number of carbonyl (C=O) groups excluding carboxylic acids is 2. The molecule has 7 nitrogen and oxygen atoms in total. The summed E-state index contributed by atoms with van der Waals surface area (Å²) in [5.41, 5.74) is 3.84. The van der Waals surface area contributed by atoms with E-state index in [1.54, 1.807) is 49.6 Å². The van der Waals surface area contributed by atoms with Gasteiger partial charge in [0, 0.05) is 30.0 Å². The summed E-state index contributed by atoms with van der Waals surface area (Å²) in [7, 11) is 0. The Morgan fingerprint density at radius 1 is 1.11 bits per heavy atom. The van der Waals surface area contributed by atoms with Gasteiger partial charge in [0.15, 0.2) is 0 Å². The molecule has 1 heterocycles. The summed E-state index contributed by atoms with van der Waals surface area (Å²) in [5, 5.41) is 18.5. The summed E-state index contributed by atoms with van der Waals surface area (Å²) >= 11 is 0. The van der Waals surface area contributed by atoms with Crippen molar-refractivity contribution in [1.29, 1.82) is 0 Å². The van der Waals surface area contributed by atoms with Gasteiger partial charge in [-0.2, -0.15) is 5.10 Å². The van der Waals surface area contributed by atoms with E-state index in [0.717, 1.165) is 10.9 Å². The maximum atomic E-state index is 12.3. The number of nitrogens with zero attached hydrogens (tertiary/aromatic N) is 2. The first-order chi connectivity index (χ1) is 13.5. The number of fused-ring (bicyclic) bond motifs is 1. The number of phenols is 1. The number of hydrogen-bond donors (Lipinski definition) is 3. The quantitative estimate of drug-likeness (QED) is 0.454. The van der Waals surface area contributed by atoms with Crippen molar-refractivity contribution in [3.8, 4) is 5.75 Å². The normalized spacial score (nSPS) is 11.2. The van der Waals surface area contributed by atoms with E-state index in [9.17, 15) is 14.7 Å². The Balaban J connectivity index is 1.57. The van der Waals surface area contributed by atoms with Crippen LogP contribution >= 0.6 is 0 Å². The van der Waals surface area contributed by atoms with Gasteiger partial charge in [-0.05, 0) is 30.0 Å². The zero-order chi connectivity index (χ0) is 19.9. The molecule has 0 aliphatic carbocycles. The van der Waals surface area contributed by atoms with Gasteiger partial charge in [0.05, 0.1) is 12.0 Å². The van der Waals surface area contributed by atoms with Crippen LogP contribution in [0.4, 0.5) is 0 Å². The zero-order valence-electron chi connectivity index (χ0n) is 15.3. The van der Waals surface area contributed by atoms with Gasteiger partial charge in [0.25, 0.3) is 5.91 Å². The second kappa shape index (κ2) is 8.77. The van der Waals surface area contributed by atoms with Crippen molar-refractivity contribution in [2.75, 3.05) is 0 Å². The number of pyridine rings is 1. The van der Waals surface area contributed by atoms with Crippen LogP contribution in [0.2, 0.25) is 0 Å². The molecule has 0 unspecified atom stereocenters. The number of nitrogens with one attached hydrogen (secondary N) is 2. The van der Waals surface area contributed by atoms with Crippen molar-refractivity contribution in [2.45, 2.75) is 19.9 Å². The maximum Gasteiger partial charge on any atom is 0.275 e. The average molecular weight is 376 g/mol. The van der Waals surface area contributed by atoms with Crippen molar-refractivity contribution in [3.05, 3.63) is 72.1 Å². The van der Waals surface area contributed by atoms with Gasteiger partial charge in [-0.15, -0.1) is 0 Å². The molecule has 142 valence electrons. The molecule has 0 saturated heterocycles. The minimum Gasteiger partial charge on any atom is -0.506 e. The van der Waals surface area contributed by atoms with Gasteiger partial charge in [0.1, 0.15) is 5.75 Å². The van der Waals surface area contributed by atoms with Crippen LogP contribution in [0.15, 0.2) is 66.0 Å². The van der Waals surface area contributed by atoms with Crippen LogP contribution in [0.1, 0.15) is 29.3 Å². The molecule has 0 radical (unpaired) electrons. The van der Waals surface area contributed by atoms with Gasteiger partial charge >= 0.3 is 0 Å². The second-order valence-electron chi connectivity index (χ2n) is 6.29. The number of amides is 2. The third-order valence-electron chi connectivity index (χ3n) is 4.12. The molecule has 1 aromatic heterocycles. The molecule has 0 atom stereocenters. The maximum absolute atomic E-state index is 12.3. The number of hydrogen-bond acceptors (Lipinski definition) is 5. The molecule has 3 rings (SSSR count). The van der Waals surface area contributed by atoms with E-state index in [2.05, 4.69) is 20.8 Å². The fraction of sp³-hybridized carbons (Fsp3) is 0.143. The summed E-state index contributed by atoms with van der Waals surface area (Å²) in [4.78, 5) is 28.3. The van der Waals surface area contributed by atoms with Crippen LogP contribution < -0.4 is 10.7 Å². The number of benzene rings is 2. The summed E-state index contributed by atoms with van der Waals surface area (Å²) in [6, 6.07) is 14.2. The lowest BCUT2D eigenvalue weighted by molar-refractivity contribution is -0.120. The largest absolute Gasteiger partial charge is 0.506 e. The predicted octanol–water partition coefficient (Wildman–Crippen LogP) is 2.75. The SMILES string of the molecule is CC(CC(=O)NCc1cccnc1)=NNC(=O)c1ccc2ccccc2c1O. The molecule has 2 amide bonds. The van der Waals surface area contributed by atoms with Crippen LogP contribution in [0.5, 0.6) is 5.75 Å². The van der Waals surface area contributed by atoms with Crippen molar-refractivity contribution in [3.63, 3.8) is 0 Å². The molecule has 3 N–H and O–H groups in total. The third kappa shape index (κ3) is 4.70. The lowest BCUT2D eigenvalue weighted by atomic mass is 10.1.